The fourth-order valence-corrected chi connectivity index (χ4v) is 0.329. The van der Waals surface area contributed by atoms with E-state index in [1.165, 1.54) is 13.4 Å². The highest BCUT2D eigenvalue weighted by atomic mass is 79.9. The molecule has 0 aromatic heterocycles. The summed E-state index contributed by atoms with van der Waals surface area (Å²) in [5.41, 5.74) is 0. The van der Waals surface area contributed by atoms with Gasteiger partial charge in [-0.3, -0.25) is 0 Å². The van der Waals surface area contributed by atoms with Crippen LogP contribution in [0.3, 0.4) is 0 Å². The summed E-state index contributed by atoms with van der Waals surface area (Å²) >= 11 is 3.13. The molecule has 1 atom stereocenters. The third-order valence-corrected chi connectivity index (χ3v) is 1.17. The largest absolute Gasteiger partial charge is 0.461 e. The van der Waals surface area contributed by atoms with E-state index in [1.807, 2.05) is 0 Å². The first-order valence-corrected chi connectivity index (χ1v) is 2.94. The predicted molar refractivity (Wildman–Crippen MR) is 35.6 cm³/mol. The third-order valence-electron chi connectivity index (χ3n) is 0.658. The average molecular weight is 181 g/mol. The zero-order valence-electron chi connectivity index (χ0n) is 4.98. The number of halogens is 1. The average Bonchev–Trinajstić information content (AvgIpc) is 1.67. The van der Waals surface area contributed by atoms with Gasteiger partial charge in [-0.2, -0.15) is 0 Å². The van der Waals surface area contributed by atoms with Crippen LogP contribution in [0.15, 0.2) is 12.8 Å². The van der Waals surface area contributed by atoms with Crippen LogP contribution < -0.4 is 0 Å². The Kier molecular flexibility index (Phi) is 3.09. The first-order chi connectivity index (χ1) is 3.62. The number of methoxy groups -OCH3 is 1. The van der Waals surface area contributed by atoms with Crippen LogP contribution in [0.2, 0.25) is 0 Å². The molecule has 0 aliphatic heterocycles. The lowest BCUT2D eigenvalue weighted by atomic mass is 10.7. The van der Waals surface area contributed by atoms with E-state index in [0.717, 1.165) is 0 Å². The lowest BCUT2D eigenvalue weighted by Gasteiger charge is -2.18. The van der Waals surface area contributed by atoms with Crippen molar-refractivity contribution in [2.45, 2.75) is 11.6 Å². The summed E-state index contributed by atoms with van der Waals surface area (Å²) < 4.78 is 8.92. The summed E-state index contributed by atoms with van der Waals surface area (Å²) in [6, 6.07) is 0. The molecule has 0 aliphatic carbocycles. The maximum absolute atomic E-state index is 4.84. The summed E-state index contributed by atoms with van der Waals surface area (Å²) in [4.78, 5) is 0. The maximum Gasteiger partial charge on any atom is 0.263 e. The Hall–Kier alpha value is -0.0200. The fourth-order valence-electron chi connectivity index (χ4n) is 0.197. The second kappa shape index (κ2) is 3.10. The zero-order valence-corrected chi connectivity index (χ0v) is 6.56. The van der Waals surface area contributed by atoms with Crippen molar-refractivity contribution in [3.05, 3.63) is 12.8 Å². The van der Waals surface area contributed by atoms with Crippen molar-refractivity contribution in [2.75, 3.05) is 7.11 Å². The van der Waals surface area contributed by atoms with E-state index in [4.69, 9.17) is 9.47 Å². The molecule has 0 amide bonds. The summed E-state index contributed by atoms with van der Waals surface area (Å²) in [5, 5.41) is 0. The molecule has 8 heavy (non-hydrogen) atoms. The van der Waals surface area contributed by atoms with Gasteiger partial charge in [0.15, 0.2) is 0 Å². The first kappa shape index (κ1) is 7.98. The Bertz CT molecular complexity index is 80.5. The highest BCUT2D eigenvalue weighted by Gasteiger charge is 2.17. The van der Waals surface area contributed by atoms with E-state index >= 15 is 0 Å². The predicted octanol–water partition coefficient (Wildman–Crippen LogP) is 1.86. The van der Waals surface area contributed by atoms with Crippen LogP contribution in [-0.2, 0) is 9.47 Å². The molecular formula is C5H9BrO2. The maximum atomic E-state index is 4.84. The van der Waals surface area contributed by atoms with E-state index in [9.17, 15) is 0 Å². The van der Waals surface area contributed by atoms with E-state index in [1.54, 1.807) is 6.92 Å². The van der Waals surface area contributed by atoms with Gasteiger partial charge in [0.1, 0.15) is 0 Å². The van der Waals surface area contributed by atoms with Crippen LogP contribution in [0.5, 0.6) is 0 Å². The third kappa shape index (κ3) is 3.04. The van der Waals surface area contributed by atoms with Crippen LogP contribution in [0.25, 0.3) is 0 Å². The molecule has 0 aromatic rings. The molecule has 1 unspecified atom stereocenters. The van der Waals surface area contributed by atoms with Crippen molar-refractivity contribution in [1.29, 1.82) is 0 Å². The number of rotatable bonds is 3. The number of hydrogen-bond donors (Lipinski definition) is 0. The summed E-state index contributed by atoms with van der Waals surface area (Å²) in [5.74, 6) is 0. The molecule has 0 spiro atoms. The van der Waals surface area contributed by atoms with Crippen LogP contribution in [0.1, 0.15) is 6.92 Å². The van der Waals surface area contributed by atoms with Crippen LogP contribution >= 0.6 is 15.9 Å². The monoisotopic (exact) mass is 180 g/mol. The molecular weight excluding hydrogens is 172 g/mol. The topological polar surface area (TPSA) is 18.5 Å². The van der Waals surface area contributed by atoms with Crippen molar-refractivity contribution in [1.82, 2.24) is 0 Å². The Morgan fingerprint density at radius 3 is 2.38 bits per heavy atom. The second-order valence-corrected chi connectivity index (χ2v) is 2.76. The van der Waals surface area contributed by atoms with E-state index < -0.39 is 4.70 Å². The molecule has 0 bridgehead atoms. The molecule has 0 saturated heterocycles. The Labute approximate surface area is 57.6 Å². The fraction of sp³-hybridized carbons (Fsp3) is 0.600. The molecule has 0 heterocycles. The summed E-state index contributed by atoms with van der Waals surface area (Å²) in [6.45, 7) is 5.09. The molecule has 48 valence electrons. The molecule has 2 nitrogen and oxygen atoms in total. The SMILES string of the molecule is C=COC(C)(Br)OC. The van der Waals surface area contributed by atoms with Gasteiger partial charge in [0.2, 0.25) is 0 Å². The Morgan fingerprint density at radius 2 is 2.25 bits per heavy atom. The molecule has 0 aromatic carbocycles. The van der Waals surface area contributed by atoms with Gasteiger partial charge in [-0.1, -0.05) is 6.58 Å². The number of hydrogen-bond acceptors (Lipinski definition) is 2. The van der Waals surface area contributed by atoms with Gasteiger partial charge in [-0.25, -0.2) is 0 Å². The minimum absolute atomic E-state index is 0.714. The number of alkyl halides is 1. The smallest absolute Gasteiger partial charge is 0.263 e. The van der Waals surface area contributed by atoms with Crippen LogP contribution in [-0.4, -0.2) is 11.8 Å². The highest BCUT2D eigenvalue weighted by molar-refractivity contribution is 9.10. The van der Waals surface area contributed by atoms with Gasteiger partial charge in [0, 0.05) is 14.0 Å². The van der Waals surface area contributed by atoms with Gasteiger partial charge in [0.25, 0.3) is 4.70 Å². The standard InChI is InChI=1S/C5H9BrO2/c1-4-8-5(2,6)7-3/h4H,1H2,2-3H3. The second-order valence-electron chi connectivity index (χ2n) is 1.32. The van der Waals surface area contributed by atoms with E-state index in [2.05, 4.69) is 22.5 Å². The lowest BCUT2D eigenvalue weighted by molar-refractivity contribution is -0.0933. The van der Waals surface area contributed by atoms with Gasteiger partial charge >= 0.3 is 0 Å². The van der Waals surface area contributed by atoms with Crippen molar-refractivity contribution in [2.24, 2.45) is 0 Å². The highest BCUT2D eigenvalue weighted by Crippen LogP contribution is 2.18. The summed E-state index contributed by atoms with van der Waals surface area (Å²) in [7, 11) is 1.54. The van der Waals surface area contributed by atoms with Gasteiger partial charge in [0.05, 0.1) is 6.26 Å². The lowest BCUT2D eigenvalue weighted by Crippen LogP contribution is -2.19. The molecule has 0 N–H and O–H groups in total. The van der Waals surface area contributed by atoms with Crippen LogP contribution in [0.4, 0.5) is 0 Å². The quantitative estimate of drug-likeness (QED) is 0.375. The van der Waals surface area contributed by atoms with Crippen molar-refractivity contribution < 1.29 is 9.47 Å². The van der Waals surface area contributed by atoms with Gasteiger partial charge < -0.3 is 9.47 Å². The number of ether oxygens (including phenoxy) is 2. The van der Waals surface area contributed by atoms with E-state index in [-0.39, 0.29) is 0 Å². The van der Waals surface area contributed by atoms with Gasteiger partial charge in [-0.05, 0) is 15.9 Å². The summed E-state index contributed by atoms with van der Waals surface area (Å²) in [6.07, 6.45) is 1.32. The Morgan fingerprint density at radius 1 is 1.75 bits per heavy atom. The minimum atomic E-state index is -0.714. The molecule has 0 radical (unpaired) electrons. The first-order valence-electron chi connectivity index (χ1n) is 2.15. The molecule has 0 fully saturated rings. The molecule has 0 saturated carbocycles. The van der Waals surface area contributed by atoms with Crippen LogP contribution in [0, 0.1) is 0 Å². The minimum Gasteiger partial charge on any atom is -0.461 e. The van der Waals surface area contributed by atoms with Gasteiger partial charge in [-0.15, -0.1) is 0 Å². The molecule has 0 aliphatic rings. The van der Waals surface area contributed by atoms with Crippen molar-refractivity contribution in [3.63, 3.8) is 0 Å². The molecule has 0 rings (SSSR count). The normalized spacial score (nSPS) is 16.9. The molecule has 3 heteroatoms. The zero-order chi connectivity index (χ0) is 6.62. The Balaban J connectivity index is 3.53. The van der Waals surface area contributed by atoms with Crippen molar-refractivity contribution >= 4 is 15.9 Å². The van der Waals surface area contributed by atoms with E-state index in [0.29, 0.717) is 0 Å². The van der Waals surface area contributed by atoms with Crippen molar-refractivity contribution in [3.8, 4) is 0 Å².